The minimum atomic E-state index is -0.600. The van der Waals surface area contributed by atoms with Crippen LogP contribution in [0.15, 0.2) is 60.7 Å². The molecule has 0 aliphatic heterocycles. The number of rotatable bonds is 6. The number of hydrogen-bond donors (Lipinski definition) is 2. The molecule has 0 radical (unpaired) electrons. The number of nitrogens with zero attached hydrogens (tertiary/aromatic N) is 2. The molecule has 0 spiro atoms. The maximum atomic E-state index is 12.7. The Morgan fingerprint density at radius 1 is 0.688 bits per heavy atom. The quantitative estimate of drug-likeness (QED) is 0.428. The highest BCUT2D eigenvalue weighted by atomic mass is 16.6. The number of aryl methyl sites for hydroxylation is 2. The van der Waals surface area contributed by atoms with Gasteiger partial charge in [-0.2, -0.15) is 0 Å². The summed E-state index contributed by atoms with van der Waals surface area (Å²) >= 11 is 0. The zero-order valence-corrected chi connectivity index (χ0v) is 17.1. The minimum Gasteiger partial charge on any atom is -0.320 e. The predicted molar refractivity (Wildman–Crippen MR) is 118 cm³/mol. The van der Waals surface area contributed by atoms with Crippen molar-refractivity contribution < 1.29 is 19.4 Å². The number of amides is 2. The summed E-state index contributed by atoms with van der Waals surface area (Å²) in [4.78, 5) is 46.1. The van der Waals surface area contributed by atoms with E-state index in [-0.39, 0.29) is 33.9 Å². The first kappa shape index (κ1) is 22.1. The minimum absolute atomic E-state index is 0.0772. The zero-order valence-electron chi connectivity index (χ0n) is 17.1. The summed E-state index contributed by atoms with van der Waals surface area (Å²) in [5, 5.41) is 27.3. The van der Waals surface area contributed by atoms with E-state index in [9.17, 15) is 29.8 Å². The standard InChI is InChI=1S/C22H18N4O6/c1-13-9-19(23-21(27)15-5-3-7-17(11-15)25(29)30)20(10-14(13)2)24-22(28)16-6-4-8-18(12-16)26(31)32/h3-12H,1-2H3,(H,23,27)(H,24,28). The fourth-order valence-corrected chi connectivity index (χ4v) is 2.93. The van der Waals surface area contributed by atoms with Gasteiger partial charge in [-0.3, -0.25) is 29.8 Å². The van der Waals surface area contributed by atoms with Crippen molar-refractivity contribution in [3.05, 3.63) is 103 Å². The van der Waals surface area contributed by atoms with Crippen LogP contribution >= 0.6 is 0 Å². The number of anilines is 2. The van der Waals surface area contributed by atoms with Crippen LogP contribution in [-0.2, 0) is 0 Å². The molecule has 2 amide bonds. The third kappa shape index (κ3) is 4.93. The van der Waals surface area contributed by atoms with Crippen molar-refractivity contribution in [1.29, 1.82) is 0 Å². The van der Waals surface area contributed by atoms with Crippen LogP contribution in [0.25, 0.3) is 0 Å². The van der Waals surface area contributed by atoms with Gasteiger partial charge < -0.3 is 10.6 Å². The maximum Gasteiger partial charge on any atom is 0.270 e. The Bertz CT molecular complexity index is 1160. The summed E-state index contributed by atoms with van der Waals surface area (Å²) in [7, 11) is 0. The lowest BCUT2D eigenvalue weighted by molar-refractivity contribution is -0.385. The number of hydrogen-bond acceptors (Lipinski definition) is 6. The van der Waals surface area contributed by atoms with Crippen LogP contribution in [0.1, 0.15) is 31.8 Å². The fourth-order valence-electron chi connectivity index (χ4n) is 2.93. The Kier molecular flexibility index (Phi) is 6.24. The number of benzene rings is 3. The highest BCUT2D eigenvalue weighted by Gasteiger charge is 2.17. The van der Waals surface area contributed by atoms with Gasteiger partial charge in [0.1, 0.15) is 0 Å². The van der Waals surface area contributed by atoms with Crippen molar-refractivity contribution >= 4 is 34.6 Å². The molecule has 0 fully saturated rings. The van der Waals surface area contributed by atoms with E-state index in [1.165, 1.54) is 36.4 Å². The first-order chi connectivity index (χ1) is 15.2. The number of carbonyl (C=O) groups is 2. The highest BCUT2D eigenvalue weighted by Crippen LogP contribution is 2.28. The van der Waals surface area contributed by atoms with E-state index in [0.29, 0.717) is 0 Å². The third-order valence-corrected chi connectivity index (χ3v) is 4.77. The van der Waals surface area contributed by atoms with E-state index >= 15 is 0 Å². The molecule has 162 valence electrons. The van der Waals surface area contributed by atoms with Crippen LogP contribution in [0, 0.1) is 34.1 Å². The number of nitro benzene ring substituents is 2. The molecule has 0 bridgehead atoms. The number of nitro groups is 2. The van der Waals surface area contributed by atoms with Crippen LogP contribution < -0.4 is 10.6 Å². The second-order valence-corrected chi connectivity index (χ2v) is 7.01. The zero-order chi connectivity index (χ0) is 23.4. The molecule has 2 N–H and O–H groups in total. The first-order valence-electron chi connectivity index (χ1n) is 9.38. The molecule has 10 nitrogen and oxygen atoms in total. The molecule has 10 heteroatoms. The Morgan fingerprint density at radius 3 is 1.41 bits per heavy atom. The van der Waals surface area contributed by atoms with Crippen molar-refractivity contribution in [2.75, 3.05) is 10.6 Å². The largest absolute Gasteiger partial charge is 0.320 e. The molecule has 0 aliphatic rings. The average Bonchev–Trinajstić information content (AvgIpc) is 2.77. The fraction of sp³-hybridized carbons (Fsp3) is 0.0909. The highest BCUT2D eigenvalue weighted by molar-refractivity contribution is 6.10. The van der Waals surface area contributed by atoms with Crippen LogP contribution in [0.2, 0.25) is 0 Å². The summed E-state index contributed by atoms with van der Waals surface area (Å²) < 4.78 is 0. The molecule has 3 rings (SSSR count). The lowest BCUT2D eigenvalue weighted by Crippen LogP contribution is -2.17. The molecule has 32 heavy (non-hydrogen) atoms. The molecular formula is C22H18N4O6. The molecule has 0 saturated heterocycles. The van der Waals surface area contributed by atoms with Gasteiger partial charge in [0.25, 0.3) is 23.2 Å². The van der Waals surface area contributed by atoms with Crippen molar-refractivity contribution in [2.45, 2.75) is 13.8 Å². The SMILES string of the molecule is Cc1cc(NC(=O)c2cccc([N+](=O)[O-])c2)c(NC(=O)c2cccc([N+](=O)[O-])c2)cc1C. The number of nitrogens with one attached hydrogen (secondary N) is 2. The molecule has 0 atom stereocenters. The van der Waals surface area contributed by atoms with E-state index in [1.807, 2.05) is 13.8 Å². The molecule has 0 heterocycles. The molecule has 0 saturated carbocycles. The van der Waals surface area contributed by atoms with Gasteiger partial charge in [0.2, 0.25) is 0 Å². The van der Waals surface area contributed by atoms with Crippen LogP contribution in [0.5, 0.6) is 0 Å². The van der Waals surface area contributed by atoms with Gasteiger partial charge in [-0.1, -0.05) is 12.1 Å². The lowest BCUT2D eigenvalue weighted by Gasteiger charge is -2.15. The van der Waals surface area contributed by atoms with Crippen molar-refractivity contribution in [2.24, 2.45) is 0 Å². The summed E-state index contributed by atoms with van der Waals surface area (Å²) in [6.07, 6.45) is 0. The first-order valence-corrected chi connectivity index (χ1v) is 9.38. The van der Waals surface area contributed by atoms with Crippen LogP contribution in [0.3, 0.4) is 0 Å². The van der Waals surface area contributed by atoms with E-state index < -0.39 is 21.7 Å². The van der Waals surface area contributed by atoms with Crippen molar-refractivity contribution in [1.82, 2.24) is 0 Å². The normalized spacial score (nSPS) is 10.3. The van der Waals surface area contributed by atoms with Gasteiger partial charge in [-0.15, -0.1) is 0 Å². The predicted octanol–water partition coefficient (Wildman–Crippen LogP) is 4.62. The molecule has 0 aliphatic carbocycles. The molecule has 3 aromatic rings. The second kappa shape index (κ2) is 9.04. The summed E-state index contributed by atoms with van der Waals surface area (Å²) in [5.41, 5.74) is 1.95. The summed E-state index contributed by atoms with van der Waals surface area (Å²) in [6.45, 7) is 3.65. The van der Waals surface area contributed by atoms with Gasteiger partial charge in [0, 0.05) is 35.4 Å². The third-order valence-electron chi connectivity index (χ3n) is 4.77. The molecule has 0 unspecified atom stereocenters. The Labute approximate surface area is 182 Å². The van der Waals surface area contributed by atoms with Gasteiger partial charge in [0.05, 0.1) is 21.2 Å². The topological polar surface area (TPSA) is 144 Å². The Balaban J connectivity index is 1.90. The smallest absolute Gasteiger partial charge is 0.270 e. The van der Waals surface area contributed by atoms with Crippen molar-refractivity contribution in [3.63, 3.8) is 0 Å². The van der Waals surface area contributed by atoms with Gasteiger partial charge in [-0.05, 0) is 49.2 Å². The second-order valence-electron chi connectivity index (χ2n) is 7.01. The van der Waals surface area contributed by atoms with E-state index in [0.717, 1.165) is 23.3 Å². The van der Waals surface area contributed by atoms with Crippen molar-refractivity contribution in [3.8, 4) is 0 Å². The van der Waals surface area contributed by atoms with E-state index in [4.69, 9.17) is 0 Å². The number of carbonyl (C=O) groups excluding carboxylic acids is 2. The average molecular weight is 434 g/mol. The maximum absolute atomic E-state index is 12.7. The summed E-state index contributed by atoms with van der Waals surface area (Å²) in [6, 6.07) is 13.8. The van der Waals surface area contributed by atoms with Gasteiger partial charge >= 0.3 is 0 Å². The molecular weight excluding hydrogens is 416 g/mol. The Morgan fingerprint density at radius 2 is 1.06 bits per heavy atom. The monoisotopic (exact) mass is 434 g/mol. The molecule has 0 aromatic heterocycles. The van der Waals surface area contributed by atoms with E-state index in [1.54, 1.807) is 12.1 Å². The van der Waals surface area contributed by atoms with Gasteiger partial charge in [-0.25, -0.2) is 0 Å². The Hall–Kier alpha value is -4.60. The van der Waals surface area contributed by atoms with E-state index in [2.05, 4.69) is 10.6 Å². The molecule has 3 aromatic carbocycles. The van der Waals surface area contributed by atoms with Crippen LogP contribution in [-0.4, -0.2) is 21.7 Å². The lowest BCUT2D eigenvalue weighted by atomic mass is 10.1. The number of non-ortho nitro benzene ring substituents is 2. The van der Waals surface area contributed by atoms with Crippen LogP contribution in [0.4, 0.5) is 22.7 Å². The van der Waals surface area contributed by atoms with Gasteiger partial charge in [0.15, 0.2) is 0 Å². The summed E-state index contributed by atoms with van der Waals surface area (Å²) in [5.74, 6) is -1.19.